The summed E-state index contributed by atoms with van der Waals surface area (Å²) in [6.07, 6.45) is 4.82. The maximum absolute atomic E-state index is 4.80. The van der Waals surface area contributed by atoms with Gasteiger partial charge in [-0.3, -0.25) is 5.01 Å². The fraction of sp³-hybridized carbons (Fsp3) is 0.143. The molecule has 0 radical (unpaired) electrons. The normalized spacial score (nSPS) is 10.2. The van der Waals surface area contributed by atoms with Crippen molar-refractivity contribution in [2.45, 2.75) is 0 Å². The highest BCUT2D eigenvalue weighted by molar-refractivity contribution is 7.79. The van der Waals surface area contributed by atoms with Gasteiger partial charge in [0.15, 0.2) is 5.65 Å². The van der Waals surface area contributed by atoms with E-state index in [1.807, 2.05) is 7.05 Å². The summed E-state index contributed by atoms with van der Waals surface area (Å²) in [4.78, 5) is 12.0. The molecular weight excluding hydrogens is 186 g/mol. The lowest BCUT2D eigenvalue weighted by atomic mass is 10.6. The van der Waals surface area contributed by atoms with Crippen molar-refractivity contribution in [2.75, 3.05) is 12.1 Å². The fourth-order valence-electron chi connectivity index (χ4n) is 1.05. The molecule has 0 aliphatic heterocycles. The Morgan fingerprint density at radius 3 is 3.15 bits per heavy atom. The number of nitrogens with zero attached hydrogens (tertiary/aromatic N) is 5. The van der Waals surface area contributed by atoms with Crippen molar-refractivity contribution in [1.82, 2.24) is 19.6 Å². The SMILES string of the molecule is CN(C=S)n1cnc2ncncc21. The molecule has 6 heteroatoms. The van der Waals surface area contributed by atoms with Gasteiger partial charge in [0.1, 0.15) is 18.2 Å². The molecule has 0 amide bonds. The van der Waals surface area contributed by atoms with E-state index in [2.05, 4.69) is 15.0 Å². The molecule has 0 fully saturated rings. The number of thiocarbonyl (C=S) groups is 1. The molecule has 0 saturated heterocycles. The van der Waals surface area contributed by atoms with Crippen LogP contribution in [0.25, 0.3) is 11.2 Å². The first-order chi connectivity index (χ1) is 6.33. The van der Waals surface area contributed by atoms with Gasteiger partial charge in [-0.2, -0.15) is 0 Å². The Kier molecular flexibility index (Phi) is 1.90. The van der Waals surface area contributed by atoms with Gasteiger partial charge in [-0.1, -0.05) is 12.2 Å². The number of hydrogen-bond acceptors (Lipinski definition) is 4. The van der Waals surface area contributed by atoms with Crippen molar-refractivity contribution in [1.29, 1.82) is 0 Å². The molecule has 0 spiro atoms. The molecule has 2 aromatic rings. The Morgan fingerprint density at radius 2 is 2.38 bits per heavy atom. The molecule has 13 heavy (non-hydrogen) atoms. The summed E-state index contributed by atoms with van der Waals surface area (Å²) in [5, 5.41) is 1.73. The van der Waals surface area contributed by atoms with Crippen LogP contribution in [0.4, 0.5) is 0 Å². The van der Waals surface area contributed by atoms with Gasteiger partial charge in [-0.15, -0.1) is 0 Å². The Balaban J connectivity index is 2.64. The topological polar surface area (TPSA) is 46.8 Å². The largest absolute Gasteiger partial charge is 0.279 e. The highest BCUT2D eigenvalue weighted by Crippen LogP contribution is 2.06. The first-order valence-corrected chi connectivity index (χ1v) is 4.11. The summed E-state index contributed by atoms with van der Waals surface area (Å²) in [5.41, 5.74) is 3.03. The number of imidazole rings is 1. The first kappa shape index (κ1) is 8.06. The minimum absolute atomic E-state index is 0.665. The van der Waals surface area contributed by atoms with Crippen LogP contribution in [0.3, 0.4) is 0 Å². The van der Waals surface area contributed by atoms with Gasteiger partial charge in [0, 0.05) is 7.05 Å². The molecule has 0 saturated carbocycles. The minimum atomic E-state index is 0.665. The zero-order chi connectivity index (χ0) is 9.26. The van der Waals surface area contributed by atoms with Crippen molar-refractivity contribution in [3.63, 3.8) is 0 Å². The number of hydrogen-bond donors (Lipinski definition) is 0. The van der Waals surface area contributed by atoms with Gasteiger partial charge in [0.05, 0.1) is 11.7 Å². The molecule has 0 bridgehead atoms. The molecule has 5 nitrogen and oxygen atoms in total. The van der Waals surface area contributed by atoms with Crippen molar-refractivity contribution >= 4 is 28.9 Å². The average Bonchev–Trinajstić information content (AvgIpc) is 2.60. The summed E-state index contributed by atoms with van der Waals surface area (Å²) in [5.74, 6) is 0. The third-order valence-electron chi connectivity index (χ3n) is 1.70. The summed E-state index contributed by atoms with van der Waals surface area (Å²) < 4.78 is 1.78. The fourth-order valence-corrected chi connectivity index (χ4v) is 1.15. The third kappa shape index (κ3) is 1.25. The minimum Gasteiger partial charge on any atom is -0.279 e. The molecule has 2 aromatic heterocycles. The Bertz CT molecular complexity index is 437. The van der Waals surface area contributed by atoms with E-state index in [4.69, 9.17) is 12.2 Å². The number of fused-ring (bicyclic) bond motifs is 1. The Hall–Kier alpha value is -1.56. The molecule has 0 aliphatic rings. The molecule has 0 aliphatic carbocycles. The predicted molar refractivity (Wildman–Crippen MR) is 53.1 cm³/mol. The van der Waals surface area contributed by atoms with Crippen LogP contribution in [0.2, 0.25) is 0 Å². The zero-order valence-electron chi connectivity index (χ0n) is 6.95. The second-order valence-corrected chi connectivity index (χ2v) is 2.71. The molecule has 2 heterocycles. The van der Waals surface area contributed by atoms with Gasteiger partial charge in [-0.05, 0) is 0 Å². The van der Waals surface area contributed by atoms with Gasteiger partial charge < -0.3 is 0 Å². The highest BCUT2D eigenvalue weighted by atomic mass is 32.1. The van der Waals surface area contributed by atoms with Crippen molar-refractivity contribution in [3.8, 4) is 0 Å². The number of aromatic nitrogens is 4. The van der Waals surface area contributed by atoms with E-state index in [-0.39, 0.29) is 0 Å². The second kappa shape index (κ2) is 3.06. The van der Waals surface area contributed by atoms with Crippen LogP contribution in [-0.4, -0.2) is 32.2 Å². The van der Waals surface area contributed by atoms with Crippen LogP contribution < -0.4 is 5.01 Å². The van der Waals surface area contributed by atoms with Crippen LogP contribution in [0.15, 0.2) is 18.9 Å². The summed E-state index contributed by atoms with van der Waals surface area (Å²) in [6.45, 7) is 0. The number of rotatable bonds is 2. The van der Waals surface area contributed by atoms with E-state index < -0.39 is 0 Å². The van der Waals surface area contributed by atoms with E-state index in [9.17, 15) is 0 Å². The lowest BCUT2D eigenvalue weighted by Gasteiger charge is -2.13. The second-order valence-electron chi connectivity index (χ2n) is 2.50. The summed E-state index contributed by atoms with van der Waals surface area (Å²) in [7, 11) is 1.83. The van der Waals surface area contributed by atoms with Crippen LogP contribution in [0.5, 0.6) is 0 Å². The highest BCUT2D eigenvalue weighted by Gasteiger charge is 2.04. The van der Waals surface area contributed by atoms with Crippen LogP contribution in [-0.2, 0) is 0 Å². The molecule has 0 atom stereocenters. The zero-order valence-corrected chi connectivity index (χ0v) is 7.77. The predicted octanol–water partition coefficient (Wildman–Crippen LogP) is 0.351. The molecule has 0 aromatic carbocycles. The molecule has 2 rings (SSSR count). The van der Waals surface area contributed by atoms with E-state index in [1.165, 1.54) is 11.8 Å². The Labute approximate surface area is 80.0 Å². The van der Waals surface area contributed by atoms with Crippen LogP contribution >= 0.6 is 12.2 Å². The summed E-state index contributed by atoms with van der Waals surface area (Å²) in [6, 6.07) is 0. The molecule has 0 unspecified atom stereocenters. The van der Waals surface area contributed by atoms with Gasteiger partial charge in [0.2, 0.25) is 0 Å². The average molecular weight is 193 g/mol. The van der Waals surface area contributed by atoms with Crippen molar-refractivity contribution in [2.24, 2.45) is 0 Å². The molecule has 66 valence electrons. The maximum atomic E-state index is 4.80. The van der Waals surface area contributed by atoms with Crippen molar-refractivity contribution < 1.29 is 0 Å². The van der Waals surface area contributed by atoms with Gasteiger partial charge >= 0.3 is 0 Å². The van der Waals surface area contributed by atoms with E-state index in [0.29, 0.717) is 5.65 Å². The van der Waals surface area contributed by atoms with Crippen molar-refractivity contribution in [3.05, 3.63) is 18.9 Å². The van der Waals surface area contributed by atoms with Gasteiger partial charge in [-0.25, -0.2) is 19.6 Å². The van der Waals surface area contributed by atoms with E-state index in [1.54, 1.807) is 22.2 Å². The van der Waals surface area contributed by atoms with E-state index >= 15 is 0 Å². The monoisotopic (exact) mass is 193 g/mol. The first-order valence-electron chi connectivity index (χ1n) is 3.64. The van der Waals surface area contributed by atoms with E-state index in [0.717, 1.165) is 5.52 Å². The third-order valence-corrected chi connectivity index (χ3v) is 2.01. The Morgan fingerprint density at radius 1 is 1.54 bits per heavy atom. The summed E-state index contributed by atoms with van der Waals surface area (Å²) >= 11 is 4.80. The molecule has 0 N–H and O–H groups in total. The lowest BCUT2D eigenvalue weighted by Crippen LogP contribution is -2.26. The standard InChI is InChI=1S/C7H7N5S/c1-11(5-13)12-4-10-7-6(12)2-8-3-9-7/h2-5H,1H3. The quantitative estimate of drug-likeness (QED) is 0.644. The smallest absolute Gasteiger partial charge is 0.182 e. The van der Waals surface area contributed by atoms with Crippen LogP contribution in [0.1, 0.15) is 0 Å². The maximum Gasteiger partial charge on any atom is 0.182 e. The van der Waals surface area contributed by atoms with Crippen LogP contribution in [0, 0.1) is 0 Å². The lowest BCUT2D eigenvalue weighted by molar-refractivity contribution is 0.839. The van der Waals surface area contributed by atoms with Gasteiger partial charge in [0.25, 0.3) is 0 Å². The molecular formula is C7H7N5S.